The summed E-state index contributed by atoms with van der Waals surface area (Å²) in [5, 5.41) is 6.53. The molecule has 36 heavy (non-hydrogen) atoms. The van der Waals surface area contributed by atoms with Crippen LogP contribution < -0.4 is 10.1 Å². The van der Waals surface area contributed by atoms with Gasteiger partial charge in [0.1, 0.15) is 5.75 Å². The zero-order valence-electron chi connectivity index (χ0n) is 19.6. The molecule has 180 valence electrons. The molecular formula is C28H22N2O6. The van der Waals surface area contributed by atoms with E-state index in [1.165, 1.54) is 19.3 Å². The zero-order valence-corrected chi connectivity index (χ0v) is 19.6. The fourth-order valence-electron chi connectivity index (χ4n) is 3.33. The van der Waals surface area contributed by atoms with Crippen LogP contribution in [0.5, 0.6) is 5.75 Å². The number of ketones is 1. The lowest BCUT2D eigenvalue weighted by molar-refractivity contribution is 0.0589. The van der Waals surface area contributed by atoms with Gasteiger partial charge in [0.2, 0.25) is 0 Å². The number of ether oxygens (including phenoxy) is 2. The largest absolute Gasteiger partial charge is 0.497 e. The highest BCUT2D eigenvalue weighted by molar-refractivity contribution is 6.07. The van der Waals surface area contributed by atoms with Crippen molar-refractivity contribution in [3.63, 3.8) is 0 Å². The van der Waals surface area contributed by atoms with Crippen LogP contribution in [-0.2, 0) is 4.74 Å². The molecule has 1 amide bonds. The van der Waals surface area contributed by atoms with Crippen LogP contribution in [-0.4, -0.2) is 37.0 Å². The second kappa shape index (κ2) is 11.0. The second-order valence-electron chi connectivity index (χ2n) is 7.65. The SMILES string of the molecule is COC(=O)c1cc(-c2cccc(NC(=O)c3ccc(/C=C/C(=O)c4ccc(OC)cc4)cc3)c2)on1. The van der Waals surface area contributed by atoms with Crippen molar-refractivity contribution < 1.29 is 28.4 Å². The first-order valence-corrected chi connectivity index (χ1v) is 10.9. The van der Waals surface area contributed by atoms with Gasteiger partial charge < -0.3 is 19.3 Å². The van der Waals surface area contributed by atoms with Crippen LogP contribution >= 0.6 is 0 Å². The van der Waals surface area contributed by atoms with E-state index in [0.717, 1.165) is 5.56 Å². The van der Waals surface area contributed by atoms with E-state index < -0.39 is 5.97 Å². The molecule has 0 fully saturated rings. The van der Waals surface area contributed by atoms with Crippen LogP contribution in [0.3, 0.4) is 0 Å². The van der Waals surface area contributed by atoms with Gasteiger partial charge in [0.25, 0.3) is 5.91 Å². The predicted molar refractivity (Wildman–Crippen MR) is 134 cm³/mol. The number of carbonyl (C=O) groups is 3. The van der Waals surface area contributed by atoms with E-state index in [2.05, 4.69) is 15.2 Å². The Morgan fingerprint density at radius 1 is 0.889 bits per heavy atom. The molecule has 3 aromatic carbocycles. The van der Waals surface area contributed by atoms with E-state index >= 15 is 0 Å². The maximum absolute atomic E-state index is 12.7. The molecule has 8 heteroatoms. The number of esters is 1. The van der Waals surface area contributed by atoms with Crippen LogP contribution in [0.1, 0.15) is 36.8 Å². The van der Waals surface area contributed by atoms with Gasteiger partial charge in [-0.05, 0) is 60.2 Å². The fraction of sp³-hybridized carbons (Fsp3) is 0.0714. The Morgan fingerprint density at radius 3 is 2.31 bits per heavy atom. The predicted octanol–water partition coefficient (Wildman–Crippen LogP) is 5.29. The van der Waals surface area contributed by atoms with Crippen molar-refractivity contribution in [2.45, 2.75) is 0 Å². The van der Waals surface area contributed by atoms with Crippen LogP contribution in [0.2, 0.25) is 0 Å². The molecule has 0 aliphatic rings. The van der Waals surface area contributed by atoms with Gasteiger partial charge in [0.05, 0.1) is 14.2 Å². The van der Waals surface area contributed by atoms with Crippen LogP contribution in [0.25, 0.3) is 17.4 Å². The van der Waals surface area contributed by atoms with Gasteiger partial charge in [-0.3, -0.25) is 9.59 Å². The number of amides is 1. The molecule has 1 N–H and O–H groups in total. The van der Waals surface area contributed by atoms with Gasteiger partial charge >= 0.3 is 5.97 Å². The van der Waals surface area contributed by atoms with E-state index in [9.17, 15) is 14.4 Å². The van der Waals surface area contributed by atoms with Crippen molar-refractivity contribution in [2.75, 3.05) is 19.5 Å². The summed E-state index contributed by atoms with van der Waals surface area (Å²) in [6.07, 6.45) is 3.18. The number of allylic oxidation sites excluding steroid dienone is 1. The Bertz CT molecular complexity index is 1420. The number of benzene rings is 3. The van der Waals surface area contributed by atoms with Gasteiger partial charge in [-0.2, -0.15) is 0 Å². The first-order valence-electron chi connectivity index (χ1n) is 10.9. The summed E-state index contributed by atoms with van der Waals surface area (Å²) in [5.74, 6) is 0.0149. The lowest BCUT2D eigenvalue weighted by atomic mass is 10.1. The summed E-state index contributed by atoms with van der Waals surface area (Å²) in [7, 11) is 2.83. The third kappa shape index (κ3) is 5.74. The van der Waals surface area contributed by atoms with Gasteiger partial charge in [0, 0.05) is 28.4 Å². The number of rotatable bonds is 8. The molecule has 0 saturated heterocycles. The number of anilines is 1. The summed E-state index contributed by atoms with van der Waals surface area (Å²) in [4.78, 5) is 36.7. The number of nitrogens with one attached hydrogen (secondary N) is 1. The molecule has 0 aliphatic heterocycles. The molecule has 1 heterocycles. The molecule has 0 spiro atoms. The highest BCUT2D eigenvalue weighted by Gasteiger charge is 2.14. The van der Waals surface area contributed by atoms with E-state index in [4.69, 9.17) is 9.26 Å². The molecule has 4 aromatic rings. The fourth-order valence-corrected chi connectivity index (χ4v) is 3.33. The zero-order chi connectivity index (χ0) is 25.5. The van der Waals surface area contributed by atoms with Crippen molar-refractivity contribution >= 4 is 29.4 Å². The molecule has 4 rings (SSSR count). The Kier molecular flexibility index (Phi) is 7.36. The Balaban J connectivity index is 1.40. The lowest BCUT2D eigenvalue weighted by Crippen LogP contribution is -2.11. The molecule has 0 bridgehead atoms. The maximum atomic E-state index is 12.7. The molecule has 0 radical (unpaired) electrons. The summed E-state index contributed by atoms with van der Waals surface area (Å²) in [6, 6.07) is 22.2. The number of carbonyl (C=O) groups excluding carboxylic acids is 3. The molecular weight excluding hydrogens is 460 g/mol. The average Bonchev–Trinajstić information content (AvgIpc) is 3.42. The molecule has 1 aromatic heterocycles. The van der Waals surface area contributed by atoms with Crippen molar-refractivity contribution in [3.8, 4) is 17.1 Å². The summed E-state index contributed by atoms with van der Waals surface area (Å²) in [5.41, 5.74) is 3.02. The average molecular weight is 482 g/mol. The Morgan fingerprint density at radius 2 is 1.61 bits per heavy atom. The van der Waals surface area contributed by atoms with Crippen LogP contribution in [0.4, 0.5) is 5.69 Å². The van der Waals surface area contributed by atoms with E-state index in [1.54, 1.807) is 86.0 Å². The minimum atomic E-state index is -0.599. The monoisotopic (exact) mass is 482 g/mol. The van der Waals surface area contributed by atoms with Crippen molar-refractivity contribution in [3.05, 3.63) is 107 Å². The highest BCUT2D eigenvalue weighted by atomic mass is 16.5. The van der Waals surface area contributed by atoms with E-state index in [0.29, 0.717) is 33.9 Å². The van der Waals surface area contributed by atoms with Gasteiger partial charge in [-0.1, -0.05) is 35.5 Å². The summed E-state index contributed by atoms with van der Waals surface area (Å²) >= 11 is 0. The van der Waals surface area contributed by atoms with Crippen molar-refractivity contribution in [2.24, 2.45) is 0 Å². The summed E-state index contributed by atoms with van der Waals surface area (Å²) in [6.45, 7) is 0. The topological polar surface area (TPSA) is 108 Å². The Labute approximate surface area is 207 Å². The number of aromatic nitrogens is 1. The Hall–Kier alpha value is -4.98. The molecule has 0 aliphatic carbocycles. The normalized spacial score (nSPS) is 10.7. The van der Waals surface area contributed by atoms with Gasteiger partial charge in [-0.15, -0.1) is 0 Å². The molecule has 0 saturated carbocycles. The standard InChI is InChI=1S/C28H22N2O6/c1-34-23-13-11-19(12-14-23)25(31)15-8-18-6-9-20(10-7-18)27(32)29-22-5-3-4-21(16-22)26-17-24(30-36-26)28(33)35-2/h3-17H,1-2H3,(H,29,32)/b15-8+. The lowest BCUT2D eigenvalue weighted by Gasteiger charge is -2.07. The third-order valence-corrected chi connectivity index (χ3v) is 5.28. The van der Waals surface area contributed by atoms with E-state index in [-0.39, 0.29) is 17.4 Å². The number of nitrogens with zero attached hydrogens (tertiary/aromatic N) is 1. The first kappa shape index (κ1) is 24.2. The van der Waals surface area contributed by atoms with E-state index in [1.807, 2.05) is 0 Å². The first-order chi connectivity index (χ1) is 17.5. The molecule has 0 atom stereocenters. The van der Waals surface area contributed by atoms with Gasteiger partial charge in [0.15, 0.2) is 17.2 Å². The third-order valence-electron chi connectivity index (χ3n) is 5.28. The summed E-state index contributed by atoms with van der Waals surface area (Å²) < 4.78 is 14.9. The highest BCUT2D eigenvalue weighted by Crippen LogP contribution is 2.24. The quantitative estimate of drug-likeness (QED) is 0.207. The second-order valence-corrected chi connectivity index (χ2v) is 7.65. The minimum Gasteiger partial charge on any atom is -0.497 e. The van der Waals surface area contributed by atoms with Crippen LogP contribution in [0.15, 0.2) is 89.5 Å². The van der Waals surface area contributed by atoms with Crippen molar-refractivity contribution in [1.82, 2.24) is 5.16 Å². The molecule has 0 unspecified atom stereocenters. The minimum absolute atomic E-state index is 0.0572. The number of methoxy groups -OCH3 is 2. The van der Waals surface area contributed by atoms with Gasteiger partial charge in [-0.25, -0.2) is 4.79 Å². The van der Waals surface area contributed by atoms with Crippen LogP contribution in [0, 0.1) is 0 Å². The van der Waals surface area contributed by atoms with Crippen molar-refractivity contribution in [1.29, 1.82) is 0 Å². The number of hydrogen-bond donors (Lipinski definition) is 1. The number of hydrogen-bond acceptors (Lipinski definition) is 7. The maximum Gasteiger partial charge on any atom is 0.360 e. The smallest absolute Gasteiger partial charge is 0.360 e. The molecule has 8 nitrogen and oxygen atoms in total.